The van der Waals surface area contributed by atoms with Crippen LogP contribution in [-0.2, 0) is 0 Å². The maximum atomic E-state index is 12.7. The number of benzene rings is 3. The topological polar surface area (TPSA) is 118 Å². The molecule has 0 fully saturated rings. The van der Waals surface area contributed by atoms with Gasteiger partial charge in [0.05, 0.1) is 38.8 Å². The molecule has 0 spiro atoms. The normalized spacial score (nSPS) is 10.5. The fourth-order valence-corrected chi connectivity index (χ4v) is 2.96. The molecule has 0 aliphatic rings. The molecule has 9 heteroatoms. The van der Waals surface area contributed by atoms with E-state index in [1.54, 1.807) is 54.6 Å². The summed E-state index contributed by atoms with van der Waals surface area (Å²) in [6, 6.07) is 16.0. The Morgan fingerprint density at radius 1 is 0.848 bits per heavy atom. The van der Waals surface area contributed by atoms with Crippen molar-refractivity contribution < 1.29 is 28.9 Å². The van der Waals surface area contributed by atoms with Gasteiger partial charge in [-0.1, -0.05) is 12.1 Å². The van der Waals surface area contributed by atoms with Gasteiger partial charge < -0.3 is 24.6 Å². The van der Waals surface area contributed by atoms with E-state index < -0.39 is 11.8 Å². The summed E-state index contributed by atoms with van der Waals surface area (Å²) in [6.45, 7) is 0. The Balaban J connectivity index is 1.73. The first kappa shape index (κ1) is 23.1. The first-order valence-corrected chi connectivity index (χ1v) is 9.79. The van der Waals surface area contributed by atoms with Crippen LogP contribution >= 0.6 is 0 Å². The van der Waals surface area contributed by atoms with Crippen LogP contribution in [0, 0.1) is 0 Å². The van der Waals surface area contributed by atoms with Crippen LogP contribution in [0.25, 0.3) is 0 Å². The van der Waals surface area contributed by atoms with Gasteiger partial charge in [-0.3, -0.25) is 9.59 Å². The Labute approximate surface area is 190 Å². The van der Waals surface area contributed by atoms with Crippen molar-refractivity contribution in [1.29, 1.82) is 0 Å². The summed E-state index contributed by atoms with van der Waals surface area (Å²) in [5.41, 5.74) is 3.92. The number of phenolic OH excluding ortho intramolecular Hbond substituents is 1. The van der Waals surface area contributed by atoms with Gasteiger partial charge in [-0.2, -0.15) is 5.10 Å². The van der Waals surface area contributed by atoms with Crippen LogP contribution < -0.4 is 25.0 Å². The number of hydrogen-bond acceptors (Lipinski definition) is 7. The Bertz CT molecular complexity index is 1190. The van der Waals surface area contributed by atoms with Gasteiger partial charge in [0, 0.05) is 5.56 Å². The number of carbonyl (C=O) groups excluding carboxylic acids is 2. The average molecular weight is 449 g/mol. The number of hydrogen-bond donors (Lipinski definition) is 3. The fraction of sp³-hybridized carbons (Fsp3) is 0.125. The van der Waals surface area contributed by atoms with E-state index in [-0.39, 0.29) is 17.1 Å². The average Bonchev–Trinajstić information content (AvgIpc) is 2.84. The van der Waals surface area contributed by atoms with Crippen LogP contribution in [0.4, 0.5) is 5.69 Å². The molecular formula is C24H23N3O6. The number of amides is 2. The number of phenols is 1. The largest absolute Gasteiger partial charge is 0.504 e. The smallest absolute Gasteiger partial charge is 0.273 e. The van der Waals surface area contributed by atoms with Crippen molar-refractivity contribution in [2.75, 3.05) is 26.6 Å². The second kappa shape index (κ2) is 10.7. The minimum Gasteiger partial charge on any atom is -0.504 e. The molecule has 0 aliphatic heterocycles. The van der Waals surface area contributed by atoms with Crippen LogP contribution in [0.15, 0.2) is 65.8 Å². The van der Waals surface area contributed by atoms with Crippen LogP contribution in [0.3, 0.4) is 0 Å². The number of carbonyl (C=O) groups is 2. The third-order valence-electron chi connectivity index (χ3n) is 4.65. The molecule has 0 saturated heterocycles. The molecule has 0 saturated carbocycles. The van der Waals surface area contributed by atoms with Gasteiger partial charge in [0.15, 0.2) is 23.0 Å². The molecule has 9 nitrogen and oxygen atoms in total. The van der Waals surface area contributed by atoms with Crippen LogP contribution in [-0.4, -0.2) is 44.5 Å². The number of para-hydroxylation sites is 1. The highest BCUT2D eigenvalue weighted by atomic mass is 16.5. The van der Waals surface area contributed by atoms with Crippen molar-refractivity contribution in [2.24, 2.45) is 5.10 Å². The molecule has 0 bridgehead atoms. The monoisotopic (exact) mass is 449 g/mol. The molecule has 2 amide bonds. The van der Waals surface area contributed by atoms with E-state index >= 15 is 0 Å². The summed E-state index contributed by atoms with van der Waals surface area (Å²) in [5, 5.41) is 16.3. The van der Waals surface area contributed by atoms with E-state index in [4.69, 9.17) is 14.2 Å². The first-order valence-electron chi connectivity index (χ1n) is 9.79. The standard InChI is InChI=1S/C24H23N3O6/c1-31-20-11-9-16(13-22(20)33-3)23(29)26-18-7-5-4-6-17(18)24(30)27-25-14-15-8-10-19(28)21(12-15)32-2/h4-14,28H,1-3H3,(H,26,29)(H,27,30). The minimum atomic E-state index is -0.514. The lowest BCUT2D eigenvalue weighted by atomic mass is 10.1. The predicted molar refractivity (Wildman–Crippen MR) is 124 cm³/mol. The van der Waals surface area contributed by atoms with Crippen LogP contribution in [0.2, 0.25) is 0 Å². The van der Waals surface area contributed by atoms with E-state index in [1.165, 1.54) is 33.6 Å². The summed E-state index contributed by atoms with van der Waals surface area (Å²) in [6.07, 6.45) is 1.41. The summed E-state index contributed by atoms with van der Waals surface area (Å²) in [4.78, 5) is 25.4. The lowest BCUT2D eigenvalue weighted by molar-refractivity contribution is 0.0956. The third kappa shape index (κ3) is 5.59. The van der Waals surface area contributed by atoms with E-state index in [1.807, 2.05) is 0 Å². The zero-order chi connectivity index (χ0) is 23.8. The molecule has 0 aromatic heterocycles. The summed E-state index contributed by atoms with van der Waals surface area (Å²) < 4.78 is 15.5. The summed E-state index contributed by atoms with van der Waals surface area (Å²) >= 11 is 0. The molecule has 3 rings (SSSR count). The highest BCUT2D eigenvalue weighted by molar-refractivity contribution is 6.09. The Kier molecular flexibility index (Phi) is 7.48. The highest BCUT2D eigenvalue weighted by Gasteiger charge is 2.15. The van der Waals surface area contributed by atoms with Gasteiger partial charge >= 0.3 is 0 Å². The molecule has 0 aliphatic carbocycles. The molecule has 170 valence electrons. The first-order chi connectivity index (χ1) is 16.0. The van der Waals surface area contributed by atoms with E-state index in [0.29, 0.717) is 28.3 Å². The number of ether oxygens (including phenoxy) is 3. The summed E-state index contributed by atoms with van der Waals surface area (Å²) in [7, 11) is 4.42. The number of methoxy groups -OCH3 is 3. The molecule has 3 N–H and O–H groups in total. The van der Waals surface area contributed by atoms with Gasteiger partial charge in [-0.05, 0) is 54.1 Å². The van der Waals surface area contributed by atoms with Crippen molar-refractivity contribution in [3.8, 4) is 23.0 Å². The second-order valence-corrected chi connectivity index (χ2v) is 6.70. The van der Waals surface area contributed by atoms with Gasteiger partial charge in [0.25, 0.3) is 11.8 Å². The zero-order valence-electron chi connectivity index (χ0n) is 18.3. The molecule has 0 atom stereocenters. The number of anilines is 1. The molecule has 0 radical (unpaired) electrons. The van der Waals surface area contributed by atoms with E-state index in [0.717, 1.165) is 0 Å². The molecular weight excluding hydrogens is 426 g/mol. The lowest BCUT2D eigenvalue weighted by Gasteiger charge is -2.12. The SMILES string of the molecule is COc1cc(C=NNC(=O)c2ccccc2NC(=O)c2ccc(OC)c(OC)c2)ccc1O. The fourth-order valence-electron chi connectivity index (χ4n) is 2.96. The van der Waals surface area contributed by atoms with Crippen molar-refractivity contribution in [3.05, 3.63) is 77.4 Å². The van der Waals surface area contributed by atoms with E-state index in [2.05, 4.69) is 15.8 Å². The number of nitrogens with one attached hydrogen (secondary N) is 2. The Hall–Kier alpha value is -4.53. The quantitative estimate of drug-likeness (QED) is 0.358. The van der Waals surface area contributed by atoms with E-state index in [9.17, 15) is 14.7 Å². The number of hydrazone groups is 1. The third-order valence-corrected chi connectivity index (χ3v) is 4.65. The second-order valence-electron chi connectivity index (χ2n) is 6.70. The minimum absolute atomic E-state index is 0.00201. The van der Waals surface area contributed by atoms with Crippen LogP contribution in [0.1, 0.15) is 26.3 Å². The number of rotatable bonds is 8. The van der Waals surface area contributed by atoms with Gasteiger partial charge in [-0.25, -0.2) is 5.43 Å². The molecule has 0 unspecified atom stereocenters. The van der Waals surface area contributed by atoms with Gasteiger partial charge in [-0.15, -0.1) is 0 Å². The van der Waals surface area contributed by atoms with Gasteiger partial charge in [0.1, 0.15) is 0 Å². The zero-order valence-corrected chi connectivity index (χ0v) is 18.3. The van der Waals surface area contributed by atoms with Crippen molar-refractivity contribution in [2.45, 2.75) is 0 Å². The predicted octanol–water partition coefficient (Wildman–Crippen LogP) is 3.43. The van der Waals surface area contributed by atoms with Gasteiger partial charge in [0.2, 0.25) is 0 Å². The molecule has 3 aromatic carbocycles. The molecule has 33 heavy (non-hydrogen) atoms. The van der Waals surface area contributed by atoms with Crippen molar-refractivity contribution >= 4 is 23.7 Å². The number of aromatic hydroxyl groups is 1. The van der Waals surface area contributed by atoms with Crippen molar-refractivity contribution in [1.82, 2.24) is 5.43 Å². The Morgan fingerprint density at radius 3 is 2.30 bits per heavy atom. The molecule has 0 heterocycles. The maximum absolute atomic E-state index is 12.7. The summed E-state index contributed by atoms with van der Waals surface area (Å²) in [5.74, 6) is 0.261. The highest BCUT2D eigenvalue weighted by Crippen LogP contribution is 2.28. The maximum Gasteiger partial charge on any atom is 0.273 e. The Morgan fingerprint density at radius 2 is 1.58 bits per heavy atom. The van der Waals surface area contributed by atoms with Crippen molar-refractivity contribution in [3.63, 3.8) is 0 Å². The number of nitrogens with zero attached hydrogens (tertiary/aromatic N) is 1. The molecule has 3 aromatic rings. The lowest BCUT2D eigenvalue weighted by Crippen LogP contribution is -2.21. The van der Waals surface area contributed by atoms with Crippen LogP contribution in [0.5, 0.6) is 23.0 Å².